The molecular formula is C13H11ClFN3O. The molecule has 0 fully saturated rings. The SMILES string of the molecule is Nc1ccc(CC(=O)Nc2ccc(Cl)cc2F)nc1. The van der Waals surface area contributed by atoms with Crippen molar-refractivity contribution in [2.24, 2.45) is 0 Å². The van der Waals surface area contributed by atoms with E-state index >= 15 is 0 Å². The minimum Gasteiger partial charge on any atom is -0.397 e. The van der Waals surface area contributed by atoms with E-state index in [0.717, 1.165) is 6.07 Å². The second-order valence-electron chi connectivity index (χ2n) is 3.93. The molecule has 0 aliphatic heterocycles. The Balaban J connectivity index is 2.03. The number of anilines is 2. The highest BCUT2D eigenvalue weighted by Gasteiger charge is 2.09. The van der Waals surface area contributed by atoms with E-state index < -0.39 is 5.82 Å². The summed E-state index contributed by atoms with van der Waals surface area (Å²) in [6.45, 7) is 0. The normalized spacial score (nSPS) is 10.2. The minimum absolute atomic E-state index is 0.0440. The van der Waals surface area contributed by atoms with E-state index in [-0.39, 0.29) is 23.0 Å². The number of pyridine rings is 1. The molecule has 0 unspecified atom stereocenters. The van der Waals surface area contributed by atoms with Crippen LogP contribution in [0.3, 0.4) is 0 Å². The second kappa shape index (κ2) is 5.67. The van der Waals surface area contributed by atoms with Crippen LogP contribution in [0.5, 0.6) is 0 Å². The van der Waals surface area contributed by atoms with Crippen molar-refractivity contribution in [3.63, 3.8) is 0 Å². The Hall–Kier alpha value is -2.14. The molecule has 0 saturated heterocycles. The average molecular weight is 280 g/mol. The molecule has 0 aliphatic carbocycles. The number of nitrogens with two attached hydrogens (primary N) is 1. The van der Waals surface area contributed by atoms with Gasteiger partial charge in [-0.1, -0.05) is 11.6 Å². The molecule has 3 N–H and O–H groups in total. The summed E-state index contributed by atoms with van der Waals surface area (Å²) in [5.41, 5.74) is 6.66. The molecule has 2 aromatic rings. The summed E-state index contributed by atoms with van der Waals surface area (Å²) in [5, 5.41) is 2.73. The van der Waals surface area contributed by atoms with Crippen molar-refractivity contribution in [1.29, 1.82) is 0 Å². The first-order valence-electron chi connectivity index (χ1n) is 5.50. The molecule has 1 heterocycles. The molecule has 0 spiro atoms. The fourth-order valence-electron chi connectivity index (χ4n) is 1.49. The average Bonchev–Trinajstić information content (AvgIpc) is 2.36. The number of aromatic nitrogens is 1. The van der Waals surface area contributed by atoms with Crippen molar-refractivity contribution in [2.75, 3.05) is 11.1 Å². The van der Waals surface area contributed by atoms with Crippen LogP contribution in [0.15, 0.2) is 36.5 Å². The van der Waals surface area contributed by atoms with Crippen molar-refractivity contribution < 1.29 is 9.18 Å². The van der Waals surface area contributed by atoms with Gasteiger partial charge < -0.3 is 11.1 Å². The van der Waals surface area contributed by atoms with Gasteiger partial charge in [-0.2, -0.15) is 0 Å². The number of hydrogen-bond donors (Lipinski definition) is 2. The van der Waals surface area contributed by atoms with E-state index in [0.29, 0.717) is 11.4 Å². The Kier molecular flexibility index (Phi) is 3.97. The van der Waals surface area contributed by atoms with Gasteiger partial charge in [0.05, 0.1) is 24.0 Å². The topological polar surface area (TPSA) is 68.0 Å². The van der Waals surface area contributed by atoms with Crippen LogP contribution in [0.2, 0.25) is 5.02 Å². The van der Waals surface area contributed by atoms with E-state index in [4.69, 9.17) is 17.3 Å². The van der Waals surface area contributed by atoms with E-state index in [1.807, 2.05) is 0 Å². The summed E-state index contributed by atoms with van der Waals surface area (Å²) in [4.78, 5) is 15.7. The van der Waals surface area contributed by atoms with Gasteiger partial charge in [-0.25, -0.2) is 4.39 Å². The van der Waals surface area contributed by atoms with Gasteiger partial charge in [0.1, 0.15) is 5.82 Å². The molecular weight excluding hydrogens is 269 g/mol. The molecule has 1 aromatic heterocycles. The first-order valence-corrected chi connectivity index (χ1v) is 5.88. The van der Waals surface area contributed by atoms with Gasteiger partial charge in [0.25, 0.3) is 0 Å². The fraction of sp³-hybridized carbons (Fsp3) is 0.0769. The number of rotatable bonds is 3. The Morgan fingerprint density at radius 2 is 2.16 bits per heavy atom. The molecule has 1 aromatic carbocycles. The zero-order chi connectivity index (χ0) is 13.8. The molecule has 19 heavy (non-hydrogen) atoms. The molecule has 4 nitrogen and oxygen atoms in total. The quantitative estimate of drug-likeness (QED) is 0.907. The van der Waals surface area contributed by atoms with E-state index in [2.05, 4.69) is 10.3 Å². The van der Waals surface area contributed by atoms with Crippen molar-refractivity contribution in [2.45, 2.75) is 6.42 Å². The predicted molar refractivity (Wildman–Crippen MR) is 72.4 cm³/mol. The van der Waals surface area contributed by atoms with Crippen LogP contribution in [0.4, 0.5) is 15.8 Å². The number of nitrogens with one attached hydrogen (secondary N) is 1. The maximum atomic E-state index is 13.5. The number of amides is 1. The summed E-state index contributed by atoms with van der Waals surface area (Å²) in [7, 11) is 0. The highest BCUT2D eigenvalue weighted by Crippen LogP contribution is 2.19. The van der Waals surface area contributed by atoms with Crippen molar-refractivity contribution in [3.05, 3.63) is 53.1 Å². The van der Waals surface area contributed by atoms with Crippen LogP contribution in [0.1, 0.15) is 5.69 Å². The first-order chi connectivity index (χ1) is 9.04. The molecule has 2 rings (SSSR count). The van der Waals surface area contributed by atoms with E-state index in [1.54, 1.807) is 12.1 Å². The molecule has 98 valence electrons. The zero-order valence-corrected chi connectivity index (χ0v) is 10.6. The monoisotopic (exact) mass is 279 g/mol. The molecule has 0 bridgehead atoms. The Morgan fingerprint density at radius 3 is 2.79 bits per heavy atom. The number of hydrogen-bond acceptors (Lipinski definition) is 3. The van der Waals surface area contributed by atoms with Crippen molar-refractivity contribution in [3.8, 4) is 0 Å². The fourth-order valence-corrected chi connectivity index (χ4v) is 1.65. The summed E-state index contributed by atoms with van der Waals surface area (Å²) in [6, 6.07) is 7.35. The Morgan fingerprint density at radius 1 is 1.37 bits per heavy atom. The minimum atomic E-state index is -0.578. The van der Waals surface area contributed by atoms with Gasteiger partial charge in [0.15, 0.2) is 0 Å². The summed E-state index contributed by atoms with van der Waals surface area (Å²) in [5.74, 6) is -0.940. The van der Waals surface area contributed by atoms with Crippen LogP contribution in [-0.4, -0.2) is 10.9 Å². The summed E-state index contributed by atoms with van der Waals surface area (Å²) < 4.78 is 13.5. The third kappa shape index (κ3) is 3.66. The van der Waals surface area contributed by atoms with Gasteiger partial charge >= 0.3 is 0 Å². The van der Waals surface area contributed by atoms with Gasteiger partial charge in [0.2, 0.25) is 5.91 Å². The van der Waals surface area contributed by atoms with Crippen LogP contribution in [-0.2, 0) is 11.2 Å². The summed E-state index contributed by atoms with van der Waals surface area (Å²) in [6.07, 6.45) is 1.51. The largest absolute Gasteiger partial charge is 0.397 e. The van der Waals surface area contributed by atoms with E-state index in [1.165, 1.54) is 18.3 Å². The third-order valence-corrected chi connectivity index (χ3v) is 2.63. The maximum Gasteiger partial charge on any atom is 0.230 e. The van der Waals surface area contributed by atoms with E-state index in [9.17, 15) is 9.18 Å². The summed E-state index contributed by atoms with van der Waals surface area (Å²) >= 11 is 5.62. The lowest BCUT2D eigenvalue weighted by atomic mass is 10.2. The van der Waals surface area contributed by atoms with Gasteiger partial charge in [0, 0.05) is 10.7 Å². The number of nitrogens with zero attached hydrogens (tertiary/aromatic N) is 1. The Labute approximate surface area is 114 Å². The lowest BCUT2D eigenvalue weighted by Gasteiger charge is -2.06. The number of benzene rings is 1. The van der Waals surface area contributed by atoms with Crippen molar-refractivity contribution in [1.82, 2.24) is 4.98 Å². The number of halogens is 2. The van der Waals surface area contributed by atoms with Gasteiger partial charge in [-0.3, -0.25) is 9.78 Å². The number of carbonyl (C=O) groups excluding carboxylic acids is 1. The molecule has 0 aliphatic rings. The predicted octanol–water partition coefficient (Wildman–Crippen LogP) is 2.64. The second-order valence-corrected chi connectivity index (χ2v) is 4.37. The lowest BCUT2D eigenvalue weighted by Crippen LogP contribution is -2.16. The van der Waals surface area contributed by atoms with Gasteiger partial charge in [-0.05, 0) is 30.3 Å². The number of carbonyl (C=O) groups is 1. The van der Waals surface area contributed by atoms with Crippen LogP contribution < -0.4 is 11.1 Å². The first kappa shape index (κ1) is 13.3. The zero-order valence-electron chi connectivity index (χ0n) is 9.86. The molecule has 0 radical (unpaired) electrons. The standard InChI is InChI=1S/C13H11ClFN3O/c14-8-1-4-12(11(15)5-8)18-13(19)6-10-3-2-9(16)7-17-10/h1-5,7H,6,16H2,(H,18,19). The smallest absolute Gasteiger partial charge is 0.230 e. The maximum absolute atomic E-state index is 13.5. The van der Waals surface area contributed by atoms with Crippen LogP contribution >= 0.6 is 11.6 Å². The molecule has 1 amide bonds. The third-order valence-electron chi connectivity index (χ3n) is 2.39. The molecule has 0 saturated carbocycles. The Bertz CT molecular complexity index is 601. The van der Waals surface area contributed by atoms with Crippen LogP contribution in [0, 0.1) is 5.82 Å². The molecule has 0 atom stereocenters. The van der Waals surface area contributed by atoms with Crippen LogP contribution in [0.25, 0.3) is 0 Å². The highest BCUT2D eigenvalue weighted by molar-refractivity contribution is 6.30. The molecule has 6 heteroatoms. The number of nitrogen functional groups attached to an aromatic ring is 1. The highest BCUT2D eigenvalue weighted by atomic mass is 35.5. The lowest BCUT2D eigenvalue weighted by molar-refractivity contribution is -0.115. The van der Waals surface area contributed by atoms with Gasteiger partial charge in [-0.15, -0.1) is 0 Å². The van der Waals surface area contributed by atoms with Crippen molar-refractivity contribution >= 4 is 28.9 Å².